The van der Waals surface area contributed by atoms with E-state index in [1.54, 1.807) is 6.07 Å². The average Bonchev–Trinajstić information content (AvgIpc) is 2.63. The van der Waals surface area contributed by atoms with Crippen LogP contribution in [0.15, 0.2) is 18.2 Å². The Morgan fingerprint density at radius 1 is 1.29 bits per heavy atom. The number of rotatable bonds is 5. The summed E-state index contributed by atoms with van der Waals surface area (Å²) in [6.45, 7) is 0.788. The highest BCUT2D eigenvalue weighted by Crippen LogP contribution is 2.27. The average molecular weight is 313 g/mol. The number of hydrogen-bond donors (Lipinski definition) is 2. The summed E-state index contributed by atoms with van der Waals surface area (Å²) in [5.41, 5.74) is -0.0893. The third-order valence-corrected chi connectivity index (χ3v) is 4.28. The van der Waals surface area contributed by atoms with Gasteiger partial charge in [0, 0.05) is 29.7 Å². The van der Waals surface area contributed by atoms with Crippen LogP contribution in [0.25, 0.3) is 0 Å². The lowest BCUT2D eigenvalue weighted by molar-refractivity contribution is -0.385. The SMILES string of the molecule is O=[N+]([O-])c1ccc(Cl)cc1CNCC1(O)CCCCCC1. The molecule has 2 N–H and O–H groups in total. The van der Waals surface area contributed by atoms with Crippen molar-refractivity contribution in [2.24, 2.45) is 0 Å². The summed E-state index contributed by atoms with van der Waals surface area (Å²) < 4.78 is 0. The molecule has 0 spiro atoms. The minimum atomic E-state index is -0.691. The van der Waals surface area contributed by atoms with Crippen molar-refractivity contribution in [1.29, 1.82) is 0 Å². The van der Waals surface area contributed by atoms with E-state index < -0.39 is 10.5 Å². The summed E-state index contributed by atoms with van der Waals surface area (Å²) in [5.74, 6) is 0. The van der Waals surface area contributed by atoms with Crippen molar-refractivity contribution < 1.29 is 10.0 Å². The second-order valence-electron chi connectivity index (χ2n) is 5.77. The molecule has 0 bridgehead atoms. The summed E-state index contributed by atoms with van der Waals surface area (Å²) in [7, 11) is 0. The molecular weight excluding hydrogens is 292 g/mol. The zero-order valence-electron chi connectivity index (χ0n) is 12.0. The molecule has 0 aliphatic heterocycles. The lowest BCUT2D eigenvalue weighted by Crippen LogP contribution is -2.39. The summed E-state index contributed by atoms with van der Waals surface area (Å²) >= 11 is 5.90. The first kappa shape index (κ1) is 16.2. The van der Waals surface area contributed by atoms with E-state index in [1.807, 2.05) is 0 Å². The summed E-state index contributed by atoms with van der Waals surface area (Å²) in [6, 6.07) is 4.53. The van der Waals surface area contributed by atoms with Crippen LogP contribution < -0.4 is 5.32 Å². The number of nitrogens with one attached hydrogen (secondary N) is 1. The van der Waals surface area contributed by atoms with Crippen LogP contribution >= 0.6 is 11.6 Å². The molecule has 2 rings (SSSR count). The predicted octanol–water partition coefficient (Wildman–Crippen LogP) is 3.42. The zero-order valence-corrected chi connectivity index (χ0v) is 12.7. The van der Waals surface area contributed by atoms with Gasteiger partial charge in [-0.25, -0.2) is 0 Å². The third-order valence-electron chi connectivity index (χ3n) is 4.04. The first-order chi connectivity index (χ1) is 10.0. The molecule has 0 heterocycles. The second kappa shape index (κ2) is 7.20. The Balaban J connectivity index is 1.96. The molecule has 1 fully saturated rings. The van der Waals surface area contributed by atoms with Gasteiger partial charge < -0.3 is 10.4 Å². The molecular formula is C15H21ClN2O3. The Kier molecular flexibility index (Phi) is 5.56. The van der Waals surface area contributed by atoms with Crippen molar-refractivity contribution in [2.45, 2.75) is 50.7 Å². The smallest absolute Gasteiger partial charge is 0.273 e. The minimum Gasteiger partial charge on any atom is -0.389 e. The highest BCUT2D eigenvalue weighted by molar-refractivity contribution is 6.30. The van der Waals surface area contributed by atoms with E-state index in [0.717, 1.165) is 25.7 Å². The summed E-state index contributed by atoms with van der Waals surface area (Å²) in [4.78, 5) is 10.6. The molecule has 1 aromatic rings. The van der Waals surface area contributed by atoms with Crippen molar-refractivity contribution in [2.75, 3.05) is 6.54 Å². The third kappa shape index (κ3) is 4.66. The van der Waals surface area contributed by atoms with E-state index in [0.29, 0.717) is 23.7 Å². The molecule has 1 aromatic carbocycles. The van der Waals surface area contributed by atoms with E-state index in [1.165, 1.54) is 25.0 Å². The van der Waals surface area contributed by atoms with Gasteiger partial charge in [0.15, 0.2) is 0 Å². The fourth-order valence-corrected chi connectivity index (χ4v) is 3.06. The maximum absolute atomic E-state index is 11.0. The van der Waals surface area contributed by atoms with Crippen LogP contribution in [-0.4, -0.2) is 22.2 Å². The lowest BCUT2D eigenvalue weighted by Gasteiger charge is -2.27. The van der Waals surface area contributed by atoms with Crippen LogP contribution in [-0.2, 0) is 6.54 Å². The molecule has 0 amide bonds. The minimum absolute atomic E-state index is 0.0553. The quantitative estimate of drug-likeness (QED) is 0.496. The topological polar surface area (TPSA) is 75.4 Å². The van der Waals surface area contributed by atoms with E-state index in [4.69, 9.17) is 11.6 Å². The number of nitrogens with zero attached hydrogens (tertiary/aromatic N) is 1. The van der Waals surface area contributed by atoms with Crippen LogP contribution in [0.5, 0.6) is 0 Å². The van der Waals surface area contributed by atoms with Gasteiger partial charge in [0.2, 0.25) is 0 Å². The molecule has 0 aromatic heterocycles. The number of nitro benzene ring substituents is 1. The molecule has 0 unspecified atom stereocenters. The predicted molar refractivity (Wildman–Crippen MR) is 82.5 cm³/mol. The first-order valence-electron chi connectivity index (χ1n) is 7.36. The largest absolute Gasteiger partial charge is 0.389 e. The molecule has 21 heavy (non-hydrogen) atoms. The zero-order chi connectivity index (χ0) is 15.3. The molecule has 0 saturated heterocycles. The van der Waals surface area contributed by atoms with Crippen LogP contribution in [0.4, 0.5) is 5.69 Å². The Bertz CT molecular complexity index is 500. The van der Waals surface area contributed by atoms with E-state index in [2.05, 4.69) is 5.32 Å². The maximum Gasteiger partial charge on any atom is 0.273 e. The van der Waals surface area contributed by atoms with Crippen LogP contribution in [0, 0.1) is 10.1 Å². The summed E-state index contributed by atoms with van der Waals surface area (Å²) in [5, 5.41) is 25.2. The van der Waals surface area contributed by atoms with Crippen molar-refractivity contribution in [3.63, 3.8) is 0 Å². The molecule has 1 saturated carbocycles. The first-order valence-corrected chi connectivity index (χ1v) is 7.74. The Morgan fingerprint density at radius 3 is 2.57 bits per heavy atom. The number of nitro groups is 1. The van der Waals surface area contributed by atoms with E-state index >= 15 is 0 Å². The van der Waals surface area contributed by atoms with E-state index in [-0.39, 0.29) is 5.69 Å². The van der Waals surface area contributed by atoms with Crippen molar-refractivity contribution in [1.82, 2.24) is 5.32 Å². The van der Waals surface area contributed by atoms with Gasteiger partial charge in [0.1, 0.15) is 0 Å². The van der Waals surface area contributed by atoms with Gasteiger partial charge in [-0.05, 0) is 25.0 Å². The van der Waals surface area contributed by atoms with Crippen molar-refractivity contribution in [3.8, 4) is 0 Å². The van der Waals surface area contributed by atoms with Crippen LogP contribution in [0.3, 0.4) is 0 Å². The highest BCUT2D eigenvalue weighted by atomic mass is 35.5. The van der Waals surface area contributed by atoms with E-state index in [9.17, 15) is 15.2 Å². The van der Waals surface area contributed by atoms with Gasteiger partial charge in [-0.3, -0.25) is 10.1 Å². The Labute approximate surface area is 129 Å². The van der Waals surface area contributed by atoms with Gasteiger partial charge in [0.25, 0.3) is 5.69 Å². The maximum atomic E-state index is 11.0. The normalized spacial score (nSPS) is 18.2. The molecule has 116 valence electrons. The van der Waals surface area contributed by atoms with Gasteiger partial charge in [0.05, 0.1) is 10.5 Å². The molecule has 1 aliphatic rings. The number of halogens is 1. The number of aliphatic hydroxyl groups is 1. The van der Waals surface area contributed by atoms with Crippen molar-refractivity contribution in [3.05, 3.63) is 38.9 Å². The lowest BCUT2D eigenvalue weighted by atomic mass is 9.94. The highest BCUT2D eigenvalue weighted by Gasteiger charge is 2.27. The number of benzene rings is 1. The van der Waals surface area contributed by atoms with Gasteiger partial charge in [-0.2, -0.15) is 0 Å². The Hall–Kier alpha value is -1.17. The molecule has 6 heteroatoms. The van der Waals surface area contributed by atoms with Crippen LogP contribution in [0.1, 0.15) is 44.1 Å². The second-order valence-corrected chi connectivity index (χ2v) is 6.21. The van der Waals surface area contributed by atoms with Gasteiger partial charge in [-0.1, -0.05) is 37.3 Å². The molecule has 5 nitrogen and oxygen atoms in total. The summed E-state index contributed by atoms with van der Waals surface area (Å²) in [6.07, 6.45) is 5.99. The standard InChI is InChI=1S/C15H21ClN2O3/c16-13-5-6-14(18(20)21)12(9-13)10-17-11-15(19)7-3-1-2-4-8-15/h5-6,9,17,19H,1-4,7-8,10-11H2. The van der Waals surface area contributed by atoms with Gasteiger partial charge >= 0.3 is 0 Å². The fraction of sp³-hybridized carbons (Fsp3) is 0.600. The molecule has 0 radical (unpaired) electrons. The van der Waals surface area contributed by atoms with Crippen molar-refractivity contribution >= 4 is 17.3 Å². The molecule has 1 aliphatic carbocycles. The monoisotopic (exact) mass is 312 g/mol. The van der Waals surface area contributed by atoms with Gasteiger partial charge in [-0.15, -0.1) is 0 Å². The van der Waals surface area contributed by atoms with Crippen LogP contribution in [0.2, 0.25) is 5.02 Å². The Morgan fingerprint density at radius 2 is 1.95 bits per heavy atom. The molecule has 0 atom stereocenters. The fourth-order valence-electron chi connectivity index (χ4n) is 2.87. The number of hydrogen-bond acceptors (Lipinski definition) is 4.